The van der Waals surface area contributed by atoms with Gasteiger partial charge in [-0.25, -0.2) is 13.1 Å². The van der Waals surface area contributed by atoms with Gasteiger partial charge in [-0.2, -0.15) is 0 Å². The fourth-order valence-corrected chi connectivity index (χ4v) is 3.84. The van der Waals surface area contributed by atoms with Crippen LogP contribution in [0.3, 0.4) is 0 Å². The van der Waals surface area contributed by atoms with Crippen molar-refractivity contribution in [1.82, 2.24) is 9.62 Å². The first-order valence-electron chi connectivity index (χ1n) is 8.71. The summed E-state index contributed by atoms with van der Waals surface area (Å²) in [5.41, 5.74) is 6.31. The second kappa shape index (κ2) is 9.34. The standard InChI is InChI=1S/C18H31N3O4S/c1-12(2)15(19)9-10-21(5)18(22)14-7-8-16(25-6)17(11-14)26(23,24)20-13(3)4/h7-8,11-13,15,20H,9-10,19H2,1-6H3. The van der Waals surface area contributed by atoms with Crippen LogP contribution in [0, 0.1) is 5.92 Å². The number of rotatable bonds is 9. The molecule has 1 unspecified atom stereocenters. The lowest BCUT2D eigenvalue weighted by Crippen LogP contribution is -2.35. The van der Waals surface area contributed by atoms with Crippen LogP contribution in [0.4, 0.5) is 0 Å². The van der Waals surface area contributed by atoms with Crippen molar-refractivity contribution in [2.75, 3.05) is 20.7 Å². The van der Waals surface area contributed by atoms with E-state index < -0.39 is 10.0 Å². The smallest absolute Gasteiger partial charge is 0.253 e. The van der Waals surface area contributed by atoms with Crippen LogP contribution in [0.2, 0.25) is 0 Å². The lowest BCUT2D eigenvalue weighted by molar-refractivity contribution is 0.0789. The molecule has 1 atom stereocenters. The van der Waals surface area contributed by atoms with E-state index in [9.17, 15) is 13.2 Å². The van der Waals surface area contributed by atoms with Gasteiger partial charge in [-0.1, -0.05) is 13.8 Å². The minimum atomic E-state index is -3.79. The SMILES string of the molecule is COc1ccc(C(=O)N(C)CCC(N)C(C)C)cc1S(=O)(=O)NC(C)C. The molecule has 0 aliphatic heterocycles. The average Bonchev–Trinajstić information content (AvgIpc) is 2.56. The molecule has 0 aromatic heterocycles. The zero-order valence-electron chi connectivity index (χ0n) is 16.4. The number of hydrogen-bond donors (Lipinski definition) is 2. The number of carbonyl (C=O) groups excluding carboxylic acids is 1. The van der Waals surface area contributed by atoms with Crippen molar-refractivity contribution >= 4 is 15.9 Å². The van der Waals surface area contributed by atoms with Gasteiger partial charge in [0.25, 0.3) is 5.91 Å². The van der Waals surface area contributed by atoms with Crippen molar-refractivity contribution in [1.29, 1.82) is 0 Å². The minimum Gasteiger partial charge on any atom is -0.495 e. The van der Waals surface area contributed by atoms with Crippen molar-refractivity contribution in [2.24, 2.45) is 11.7 Å². The fourth-order valence-electron chi connectivity index (χ4n) is 2.39. The van der Waals surface area contributed by atoms with Gasteiger partial charge in [-0.15, -0.1) is 0 Å². The highest BCUT2D eigenvalue weighted by Gasteiger charge is 2.23. The van der Waals surface area contributed by atoms with Gasteiger partial charge >= 0.3 is 0 Å². The Morgan fingerprint density at radius 2 is 1.88 bits per heavy atom. The van der Waals surface area contributed by atoms with Gasteiger partial charge in [0.2, 0.25) is 10.0 Å². The number of amides is 1. The van der Waals surface area contributed by atoms with E-state index >= 15 is 0 Å². The Bertz CT molecular complexity index is 717. The first-order chi connectivity index (χ1) is 12.0. The lowest BCUT2D eigenvalue weighted by atomic mass is 10.0. The molecule has 0 saturated carbocycles. The molecule has 1 rings (SSSR count). The van der Waals surface area contributed by atoms with Gasteiger partial charge in [0.05, 0.1) is 7.11 Å². The number of sulfonamides is 1. The Kier molecular flexibility index (Phi) is 8.05. The molecule has 8 heteroatoms. The van der Waals surface area contributed by atoms with Gasteiger partial charge in [-0.3, -0.25) is 4.79 Å². The molecule has 1 amide bonds. The number of hydrogen-bond acceptors (Lipinski definition) is 5. The van der Waals surface area contributed by atoms with Gasteiger partial charge in [-0.05, 0) is 44.4 Å². The number of methoxy groups -OCH3 is 1. The molecule has 26 heavy (non-hydrogen) atoms. The maximum Gasteiger partial charge on any atom is 0.253 e. The van der Waals surface area contributed by atoms with Crippen LogP contribution in [0.1, 0.15) is 44.5 Å². The van der Waals surface area contributed by atoms with Crippen LogP contribution in [0.25, 0.3) is 0 Å². The van der Waals surface area contributed by atoms with E-state index in [-0.39, 0.29) is 34.2 Å². The maximum atomic E-state index is 12.7. The van der Waals surface area contributed by atoms with Crippen molar-refractivity contribution in [3.63, 3.8) is 0 Å². The van der Waals surface area contributed by atoms with Gasteiger partial charge < -0.3 is 15.4 Å². The van der Waals surface area contributed by atoms with Crippen molar-refractivity contribution < 1.29 is 17.9 Å². The molecule has 0 aliphatic rings. The van der Waals surface area contributed by atoms with Crippen molar-refractivity contribution in [3.8, 4) is 5.75 Å². The van der Waals surface area contributed by atoms with Crippen LogP contribution in [0.5, 0.6) is 5.75 Å². The molecule has 148 valence electrons. The number of carbonyl (C=O) groups is 1. The summed E-state index contributed by atoms with van der Waals surface area (Å²) in [6, 6.07) is 4.14. The summed E-state index contributed by atoms with van der Waals surface area (Å²) in [6.45, 7) is 8.02. The number of ether oxygens (including phenoxy) is 1. The third-order valence-electron chi connectivity index (χ3n) is 4.09. The molecule has 0 heterocycles. The average molecular weight is 386 g/mol. The van der Waals surface area contributed by atoms with Crippen LogP contribution >= 0.6 is 0 Å². The molecule has 0 radical (unpaired) electrons. The minimum absolute atomic E-state index is 0.00676. The van der Waals surface area contributed by atoms with Crippen LogP contribution < -0.4 is 15.2 Å². The highest BCUT2D eigenvalue weighted by molar-refractivity contribution is 7.89. The zero-order valence-corrected chi connectivity index (χ0v) is 17.3. The van der Waals surface area contributed by atoms with E-state index in [0.29, 0.717) is 18.9 Å². The van der Waals surface area contributed by atoms with E-state index in [1.54, 1.807) is 31.9 Å². The quantitative estimate of drug-likeness (QED) is 0.675. The van der Waals surface area contributed by atoms with E-state index in [1.807, 2.05) is 13.8 Å². The summed E-state index contributed by atoms with van der Waals surface area (Å²) in [5.74, 6) is 0.266. The molecule has 7 nitrogen and oxygen atoms in total. The van der Waals surface area contributed by atoms with E-state index in [1.165, 1.54) is 19.2 Å². The number of nitrogens with zero attached hydrogens (tertiary/aromatic N) is 1. The van der Waals surface area contributed by atoms with Gasteiger partial charge in [0.1, 0.15) is 10.6 Å². The second-order valence-electron chi connectivity index (χ2n) is 7.06. The molecule has 0 fully saturated rings. The Labute approximate surface area is 156 Å². The highest BCUT2D eigenvalue weighted by atomic mass is 32.2. The van der Waals surface area contributed by atoms with Gasteiger partial charge in [0.15, 0.2) is 0 Å². The summed E-state index contributed by atoms with van der Waals surface area (Å²) < 4.78 is 32.7. The Hall–Kier alpha value is -1.64. The molecule has 1 aromatic carbocycles. The number of nitrogens with two attached hydrogens (primary N) is 1. The molecule has 0 aliphatic carbocycles. The Morgan fingerprint density at radius 3 is 2.38 bits per heavy atom. The van der Waals surface area contributed by atoms with Crippen LogP contribution in [-0.4, -0.2) is 52.0 Å². The van der Waals surface area contributed by atoms with Gasteiger partial charge in [0, 0.05) is 31.2 Å². The molecule has 3 N–H and O–H groups in total. The lowest BCUT2D eigenvalue weighted by Gasteiger charge is -2.22. The summed E-state index contributed by atoms with van der Waals surface area (Å²) in [5, 5.41) is 0. The molecule has 0 spiro atoms. The predicted molar refractivity (Wildman–Crippen MR) is 103 cm³/mol. The largest absolute Gasteiger partial charge is 0.495 e. The third-order valence-corrected chi connectivity index (χ3v) is 5.77. The number of nitrogens with one attached hydrogen (secondary N) is 1. The number of benzene rings is 1. The normalized spacial score (nSPS) is 13.1. The molecule has 0 bridgehead atoms. The maximum absolute atomic E-state index is 12.7. The summed E-state index contributed by atoms with van der Waals surface area (Å²) in [7, 11) is -0.713. The predicted octanol–water partition coefficient (Wildman–Crippen LogP) is 1.83. The van der Waals surface area contributed by atoms with E-state index in [2.05, 4.69) is 4.72 Å². The Balaban J connectivity index is 3.07. The third kappa shape index (κ3) is 5.96. The van der Waals surface area contributed by atoms with Crippen molar-refractivity contribution in [3.05, 3.63) is 23.8 Å². The topological polar surface area (TPSA) is 102 Å². The zero-order chi connectivity index (χ0) is 20.1. The second-order valence-corrected chi connectivity index (χ2v) is 8.75. The van der Waals surface area contributed by atoms with Crippen LogP contribution in [0.15, 0.2) is 23.1 Å². The van der Waals surface area contributed by atoms with Crippen molar-refractivity contribution in [2.45, 2.75) is 51.1 Å². The first-order valence-corrected chi connectivity index (χ1v) is 10.2. The highest BCUT2D eigenvalue weighted by Crippen LogP contribution is 2.25. The molecule has 0 saturated heterocycles. The summed E-state index contributed by atoms with van der Waals surface area (Å²) in [6.07, 6.45) is 0.677. The summed E-state index contributed by atoms with van der Waals surface area (Å²) >= 11 is 0. The molecule has 1 aromatic rings. The molecular weight excluding hydrogens is 354 g/mol. The van der Waals surface area contributed by atoms with E-state index in [0.717, 1.165) is 0 Å². The van der Waals surface area contributed by atoms with Crippen LogP contribution in [-0.2, 0) is 10.0 Å². The monoisotopic (exact) mass is 385 g/mol. The summed E-state index contributed by atoms with van der Waals surface area (Å²) in [4.78, 5) is 14.2. The fraction of sp³-hybridized carbons (Fsp3) is 0.611. The van der Waals surface area contributed by atoms with E-state index in [4.69, 9.17) is 10.5 Å². The molecular formula is C18H31N3O4S. The Morgan fingerprint density at radius 1 is 1.27 bits per heavy atom. The first kappa shape index (κ1) is 22.4.